The van der Waals surface area contributed by atoms with Gasteiger partial charge in [-0.15, -0.1) is 0 Å². The Bertz CT molecular complexity index is 2910. The highest BCUT2D eigenvalue weighted by atomic mass is 16.3. The second-order valence-electron chi connectivity index (χ2n) is 13.7. The number of fused-ring (bicyclic) bond motifs is 5. The molecule has 0 fully saturated rings. The van der Waals surface area contributed by atoms with Crippen LogP contribution in [0.15, 0.2) is 217 Å². The number of hydrogen-bond donors (Lipinski definition) is 0. The number of rotatable bonds is 7. The van der Waals surface area contributed by atoms with Crippen LogP contribution in [-0.4, -0.2) is 0 Å². The summed E-state index contributed by atoms with van der Waals surface area (Å²) in [4.78, 5) is 2.38. The molecular weight excluding hydrogens is 655 g/mol. The zero-order chi connectivity index (χ0) is 35.8. The molecule has 1 aromatic heterocycles. The summed E-state index contributed by atoms with van der Waals surface area (Å²) in [6.07, 6.45) is 0. The van der Waals surface area contributed by atoms with Crippen LogP contribution in [0.5, 0.6) is 0 Å². The molecule has 254 valence electrons. The van der Waals surface area contributed by atoms with Crippen LogP contribution in [0, 0.1) is 0 Å². The molecule has 0 atom stereocenters. The molecule has 0 N–H and O–H groups in total. The molecule has 0 unspecified atom stereocenters. The predicted octanol–water partition coefficient (Wildman–Crippen LogP) is 14.9. The molecule has 2 nitrogen and oxygen atoms in total. The average Bonchev–Trinajstić information content (AvgIpc) is 3.65. The summed E-state index contributed by atoms with van der Waals surface area (Å²) in [6.45, 7) is 0. The van der Waals surface area contributed by atoms with E-state index in [1.165, 1.54) is 38.8 Å². The topological polar surface area (TPSA) is 16.4 Å². The van der Waals surface area contributed by atoms with Gasteiger partial charge < -0.3 is 9.32 Å². The minimum Gasteiger partial charge on any atom is -0.455 e. The quantitative estimate of drug-likeness (QED) is 0.166. The van der Waals surface area contributed by atoms with Gasteiger partial charge >= 0.3 is 0 Å². The van der Waals surface area contributed by atoms with Gasteiger partial charge in [0.1, 0.15) is 11.2 Å². The van der Waals surface area contributed by atoms with E-state index in [9.17, 15) is 0 Å². The van der Waals surface area contributed by atoms with Gasteiger partial charge in [0, 0.05) is 33.2 Å². The Balaban J connectivity index is 1.16. The second-order valence-corrected chi connectivity index (χ2v) is 13.7. The average molecular weight is 690 g/mol. The molecule has 54 heavy (non-hydrogen) atoms. The van der Waals surface area contributed by atoms with Crippen molar-refractivity contribution in [3.05, 3.63) is 212 Å². The highest BCUT2D eigenvalue weighted by molar-refractivity contribution is 6.19. The summed E-state index contributed by atoms with van der Waals surface area (Å²) in [5.74, 6) is 0. The first-order valence-corrected chi connectivity index (χ1v) is 18.4. The molecule has 0 bridgehead atoms. The van der Waals surface area contributed by atoms with Crippen molar-refractivity contribution in [2.75, 3.05) is 4.90 Å². The van der Waals surface area contributed by atoms with Crippen molar-refractivity contribution in [1.82, 2.24) is 0 Å². The van der Waals surface area contributed by atoms with Crippen LogP contribution in [0.2, 0.25) is 0 Å². The van der Waals surface area contributed by atoms with Gasteiger partial charge in [-0.25, -0.2) is 0 Å². The third-order valence-corrected chi connectivity index (χ3v) is 10.5. The van der Waals surface area contributed by atoms with Crippen LogP contribution >= 0.6 is 0 Å². The van der Waals surface area contributed by atoms with E-state index in [0.717, 1.165) is 55.5 Å². The molecular formula is C52H35NO. The SMILES string of the molecule is c1ccc(-c2ccc(N(c3cccc(-c4cccc5oc6c7ccccc7ccc6c45)c3)c3ccc(-c4ccccc4)c(-c4ccccc4)c3)cc2)cc1. The summed E-state index contributed by atoms with van der Waals surface area (Å²) >= 11 is 0. The number of hydrogen-bond acceptors (Lipinski definition) is 2. The number of benzene rings is 9. The highest BCUT2D eigenvalue weighted by Crippen LogP contribution is 2.44. The minimum absolute atomic E-state index is 0.890. The van der Waals surface area contributed by atoms with Gasteiger partial charge in [-0.1, -0.05) is 164 Å². The molecule has 9 aromatic carbocycles. The first-order chi connectivity index (χ1) is 26.8. The lowest BCUT2D eigenvalue weighted by Crippen LogP contribution is -2.10. The standard InChI is InChI=1S/C52H35NO/c1-4-14-36(15-5-1)37-26-29-42(30-27-37)53(44-31-33-45(38-16-6-2-7-17-38)49(35-44)39-18-8-3-9-19-39)43-22-12-21-41(34-43)46-24-13-25-50-51(46)48-32-28-40-20-10-11-23-47(40)52(48)54-50/h1-35H. The molecule has 2 heteroatoms. The highest BCUT2D eigenvalue weighted by Gasteiger charge is 2.19. The fraction of sp³-hybridized carbons (Fsp3) is 0. The Morgan fingerprint density at radius 1 is 0.315 bits per heavy atom. The Labute approximate surface area is 314 Å². The fourth-order valence-corrected chi connectivity index (χ4v) is 7.88. The van der Waals surface area contributed by atoms with Gasteiger partial charge in [0.25, 0.3) is 0 Å². The van der Waals surface area contributed by atoms with E-state index in [1.54, 1.807) is 0 Å². The molecule has 0 saturated carbocycles. The zero-order valence-corrected chi connectivity index (χ0v) is 29.6. The number of nitrogens with zero attached hydrogens (tertiary/aromatic N) is 1. The first-order valence-electron chi connectivity index (χ1n) is 18.4. The van der Waals surface area contributed by atoms with E-state index in [1.807, 2.05) is 0 Å². The van der Waals surface area contributed by atoms with Crippen LogP contribution in [0.25, 0.3) is 77.2 Å². The largest absolute Gasteiger partial charge is 0.455 e. The van der Waals surface area contributed by atoms with Gasteiger partial charge in [0.15, 0.2) is 0 Å². The molecule has 0 aliphatic rings. The zero-order valence-electron chi connectivity index (χ0n) is 29.6. The van der Waals surface area contributed by atoms with Crippen molar-refractivity contribution in [1.29, 1.82) is 0 Å². The van der Waals surface area contributed by atoms with Crippen LogP contribution in [0.1, 0.15) is 0 Å². The second kappa shape index (κ2) is 13.4. The molecule has 10 rings (SSSR count). The molecule has 0 aliphatic carbocycles. The van der Waals surface area contributed by atoms with E-state index in [2.05, 4.69) is 217 Å². The van der Waals surface area contributed by atoms with Crippen molar-refractivity contribution in [3.8, 4) is 44.5 Å². The third kappa shape index (κ3) is 5.62. The Kier molecular flexibility index (Phi) is 7.85. The van der Waals surface area contributed by atoms with E-state index in [0.29, 0.717) is 0 Å². The lowest BCUT2D eigenvalue weighted by atomic mass is 9.93. The van der Waals surface area contributed by atoms with E-state index in [4.69, 9.17) is 4.42 Å². The summed E-state index contributed by atoms with van der Waals surface area (Å²) in [5.41, 5.74) is 14.5. The van der Waals surface area contributed by atoms with Crippen molar-refractivity contribution in [3.63, 3.8) is 0 Å². The monoisotopic (exact) mass is 689 g/mol. The molecule has 1 heterocycles. The Morgan fingerprint density at radius 3 is 1.67 bits per heavy atom. The van der Waals surface area contributed by atoms with E-state index in [-0.39, 0.29) is 0 Å². The molecule has 10 aromatic rings. The fourth-order valence-electron chi connectivity index (χ4n) is 7.88. The lowest BCUT2D eigenvalue weighted by molar-refractivity contribution is 0.673. The van der Waals surface area contributed by atoms with E-state index < -0.39 is 0 Å². The summed E-state index contributed by atoms with van der Waals surface area (Å²) in [6, 6.07) is 75.8. The predicted molar refractivity (Wildman–Crippen MR) is 228 cm³/mol. The van der Waals surface area contributed by atoms with Crippen LogP contribution in [0.4, 0.5) is 17.1 Å². The molecule has 0 radical (unpaired) electrons. The normalized spacial score (nSPS) is 11.3. The molecule has 0 aliphatic heterocycles. The van der Waals surface area contributed by atoms with Crippen molar-refractivity contribution < 1.29 is 4.42 Å². The summed E-state index contributed by atoms with van der Waals surface area (Å²) in [7, 11) is 0. The van der Waals surface area contributed by atoms with Gasteiger partial charge in [0.05, 0.1) is 0 Å². The van der Waals surface area contributed by atoms with Crippen LogP contribution < -0.4 is 4.90 Å². The maximum absolute atomic E-state index is 6.58. The van der Waals surface area contributed by atoms with Crippen molar-refractivity contribution in [2.45, 2.75) is 0 Å². The summed E-state index contributed by atoms with van der Waals surface area (Å²) in [5, 5.41) is 4.56. The van der Waals surface area contributed by atoms with E-state index >= 15 is 0 Å². The Morgan fingerprint density at radius 2 is 0.907 bits per heavy atom. The molecule has 0 spiro atoms. The van der Waals surface area contributed by atoms with Crippen molar-refractivity contribution >= 4 is 49.8 Å². The summed E-state index contributed by atoms with van der Waals surface area (Å²) < 4.78 is 6.58. The van der Waals surface area contributed by atoms with Gasteiger partial charge in [-0.3, -0.25) is 0 Å². The maximum Gasteiger partial charge on any atom is 0.143 e. The molecule has 0 amide bonds. The lowest BCUT2D eigenvalue weighted by Gasteiger charge is -2.27. The first kappa shape index (κ1) is 31.6. The van der Waals surface area contributed by atoms with Gasteiger partial charge in [0.2, 0.25) is 0 Å². The maximum atomic E-state index is 6.58. The smallest absolute Gasteiger partial charge is 0.143 e. The van der Waals surface area contributed by atoms with Crippen LogP contribution in [-0.2, 0) is 0 Å². The molecule has 0 saturated heterocycles. The number of anilines is 3. The van der Waals surface area contributed by atoms with Gasteiger partial charge in [-0.05, 0) is 98.4 Å². The van der Waals surface area contributed by atoms with Crippen LogP contribution in [0.3, 0.4) is 0 Å². The van der Waals surface area contributed by atoms with Gasteiger partial charge in [-0.2, -0.15) is 0 Å². The minimum atomic E-state index is 0.890. The number of furan rings is 1. The third-order valence-electron chi connectivity index (χ3n) is 10.5. The Hall–Kier alpha value is -7.16. The van der Waals surface area contributed by atoms with Crippen molar-refractivity contribution in [2.24, 2.45) is 0 Å².